The highest BCUT2D eigenvalue weighted by Crippen LogP contribution is 2.33. The van der Waals surface area contributed by atoms with Gasteiger partial charge < -0.3 is 4.90 Å². The molecule has 0 amide bonds. The zero-order chi connectivity index (χ0) is 8.72. The first kappa shape index (κ1) is 8.27. The van der Waals surface area contributed by atoms with E-state index in [0.29, 0.717) is 0 Å². The van der Waals surface area contributed by atoms with E-state index in [0.717, 1.165) is 12.5 Å². The Balaban J connectivity index is 2.40. The van der Waals surface area contributed by atoms with E-state index in [-0.39, 0.29) is 0 Å². The van der Waals surface area contributed by atoms with Gasteiger partial charge in [-0.2, -0.15) is 0 Å². The highest BCUT2D eigenvalue weighted by Gasteiger charge is 2.21. The molecular formula is C10H15NS. The molecule has 0 spiro atoms. The Morgan fingerprint density at radius 3 is 3.08 bits per heavy atom. The van der Waals surface area contributed by atoms with Gasteiger partial charge in [-0.1, -0.05) is 6.92 Å². The van der Waals surface area contributed by atoms with Crippen LogP contribution in [0.4, 0.5) is 0 Å². The predicted octanol–water partition coefficient (Wildman–Crippen LogP) is 2.61. The van der Waals surface area contributed by atoms with Gasteiger partial charge in [0.1, 0.15) is 0 Å². The summed E-state index contributed by atoms with van der Waals surface area (Å²) in [6.45, 7) is 6.89. The van der Waals surface area contributed by atoms with Crippen LogP contribution >= 0.6 is 11.3 Å². The third-order valence-electron chi connectivity index (χ3n) is 2.49. The molecule has 1 aliphatic rings. The molecule has 2 rings (SSSR count). The maximum Gasteiger partial charge on any atom is 0.0328 e. The molecule has 0 saturated carbocycles. The van der Waals surface area contributed by atoms with Gasteiger partial charge in [0.25, 0.3) is 0 Å². The van der Waals surface area contributed by atoms with Crippen LogP contribution in [-0.2, 0) is 6.54 Å². The van der Waals surface area contributed by atoms with Crippen LogP contribution in [-0.4, -0.2) is 18.5 Å². The van der Waals surface area contributed by atoms with Gasteiger partial charge in [0, 0.05) is 22.8 Å². The Bertz CT molecular complexity index is 290. The second kappa shape index (κ2) is 2.86. The van der Waals surface area contributed by atoms with E-state index in [1.165, 1.54) is 11.4 Å². The average molecular weight is 181 g/mol. The summed E-state index contributed by atoms with van der Waals surface area (Å²) in [5.74, 6) is 0.726. The molecule has 0 aliphatic carbocycles. The highest BCUT2D eigenvalue weighted by molar-refractivity contribution is 7.12. The Morgan fingerprint density at radius 2 is 2.33 bits per heavy atom. The van der Waals surface area contributed by atoms with Gasteiger partial charge in [0.15, 0.2) is 0 Å². The van der Waals surface area contributed by atoms with Crippen LogP contribution in [0.2, 0.25) is 0 Å². The van der Waals surface area contributed by atoms with Crippen molar-refractivity contribution in [2.75, 3.05) is 13.6 Å². The zero-order valence-corrected chi connectivity index (χ0v) is 8.74. The van der Waals surface area contributed by atoms with Crippen molar-refractivity contribution in [2.45, 2.75) is 26.3 Å². The van der Waals surface area contributed by atoms with Crippen molar-refractivity contribution in [3.8, 4) is 0 Å². The summed E-state index contributed by atoms with van der Waals surface area (Å²) >= 11 is 1.96. The van der Waals surface area contributed by atoms with Crippen LogP contribution in [0, 0.1) is 6.92 Å². The third kappa shape index (κ3) is 1.29. The summed E-state index contributed by atoms with van der Waals surface area (Å²) in [5, 5.41) is 0. The Hall–Kier alpha value is -0.340. The molecule has 0 fully saturated rings. The molecule has 0 unspecified atom stereocenters. The van der Waals surface area contributed by atoms with E-state index < -0.39 is 0 Å². The minimum atomic E-state index is 0.726. The molecule has 0 saturated heterocycles. The summed E-state index contributed by atoms with van der Waals surface area (Å²) in [6, 6.07) is 2.36. The number of hydrogen-bond donors (Lipinski definition) is 0. The molecule has 0 radical (unpaired) electrons. The van der Waals surface area contributed by atoms with Crippen molar-refractivity contribution in [3.63, 3.8) is 0 Å². The molecule has 1 nitrogen and oxygen atoms in total. The number of aryl methyl sites for hydroxylation is 1. The van der Waals surface area contributed by atoms with Gasteiger partial charge in [0.2, 0.25) is 0 Å². The van der Waals surface area contributed by atoms with Gasteiger partial charge in [-0.05, 0) is 31.5 Å². The van der Waals surface area contributed by atoms with Crippen LogP contribution < -0.4 is 0 Å². The maximum absolute atomic E-state index is 2.41. The molecule has 1 aliphatic heterocycles. The Morgan fingerprint density at radius 1 is 1.58 bits per heavy atom. The highest BCUT2D eigenvalue weighted by atomic mass is 32.1. The van der Waals surface area contributed by atoms with Crippen LogP contribution in [0.3, 0.4) is 0 Å². The molecule has 2 heteroatoms. The lowest BCUT2D eigenvalue weighted by Crippen LogP contribution is -2.27. The number of hydrogen-bond acceptors (Lipinski definition) is 2. The fraction of sp³-hybridized carbons (Fsp3) is 0.600. The summed E-state index contributed by atoms with van der Waals surface area (Å²) in [5.41, 5.74) is 1.59. The lowest BCUT2D eigenvalue weighted by molar-refractivity contribution is 0.292. The van der Waals surface area contributed by atoms with Gasteiger partial charge in [-0.25, -0.2) is 0 Å². The number of nitrogens with zero attached hydrogens (tertiary/aromatic N) is 1. The summed E-state index contributed by atoms with van der Waals surface area (Å²) in [7, 11) is 2.20. The van der Waals surface area contributed by atoms with Gasteiger partial charge in [-0.15, -0.1) is 11.3 Å². The van der Waals surface area contributed by atoms with Gasteiger partial charge in [-0.3, -0.25) is 0 Å². The SMILES string of the molecule is Cc1cc2c(s1)CN(C)C[C@@H]2C. The predicted molar refractivity (Wildman–Crippen MR) is 53.8 cm³/mol. The second-order valence-electron chi connectivity index (χ2n) is 3.83. The molecular weight excluding hydrogens is 166 g/mol. The maximum atomic E-state index is 2.41. The lowest BCUT2D eigenvalue weighted by atomic mass is 9.97. The van der Waals surface area contributed by atoms with E-state index in [9.17, 15) is 0 Å². The van der Waals surface area contributed by atoms with Crippen molar-refractivity contribution in [2.24, 2.45) is 0 Å². The lowest BCUT2D eigenvalue weighted by Gasteiger charge is -2.27. The summed E-state index contributed by atoms with van der Waals surface area (Å²) < 4.78 is 0. The van der Waals surface area contributed by atoms with E-state index in [2.05, 4.69) is 31.9 Å². The second-order valence-corrected chi connectivity index (χ2v) is 5.17. The number of rotatable bonds is 0. The van der Waals surface area contributed by atoms with E-state index in [1.807, 2.05) is 11.3 Å². The normalized spacial score (nSPS) is 24.1. The summed E-state index contributed by atoms with van der Waals surface area (Å²) in [6.07, 6.45) is 0. The number of likely N-dealkylation sites (N-methyl/N-ethyl adjacent to an activating group) is 1. The molecule has 0 N–H and O–H groups in total. The molecule has 1 aromatic rings. The van der Waals surface area contributed by atoms with Crippen molar-refractivity contribution < 1.29 is 0 Å². The molecule has 66 valence electrons. The third-order valence-corrected chi connectivity index (χ3v) is 3.55. The van der Waals surface area contributed by atoms with E-state index in [4.69, 9.17) is 0 Å². The minimum absolute atomic E-state index is 0.726. The summed E-state index contributed by atoms with van der Waals surface area (Å²) in [4.78, 5) is 5.44. The molecule has 2 heterocycles. The number of fused-ring (bicyclic) bond motifs is 1. The molecule has 0 bridgehead atoms. The van der Waals surface area contributed by atoms with E-state index >= 15 is 0 Å². The zero-order valence-electron chi connectivity index (χ0n) is 7.92. The van der Waals surface area contributed by atoms with Crippen LogP contribution in [0.15, 0.2) is 6.07 Å². The average Bonchev–Trinajstić information content (AvgIpc) is 2.29. The van der Waals surface area contributed by atoms with Crippen LogP contribution in [0.5, 0.6) is 0 Å². The molecule has 0 aromatic carbocycles. The largest absolute Gasteiger partial charge is 0.301 e. The first-order chi connectivity index (χ1) is 5.66. The van der Waals surface area contributed by atoms with Crippen molar-refractivity contribution in [1.82, 2.24) is 4.90 Å². The molecule has 1 aromatic heterocycles. The quantitative estimate of drug-likeness (QED) is 0.594. The fourth-order valence-electron chi connectivity index (χ4n) is 2.00. The standard InChI is InChI=1S/C10H15NS/c1-7-5-11(3)6-10-9(7)4-8(2)12-10/h4,7H,5-6H2,1-3H3/t7-/m0/s1. The van der Waals surface area contributed by atoms with Gasteiger partial charge in [0.05, 0.1) is 0 Å². The monoisotopic (exact) mass is 181 g/mol. The molecule has 1 atom stereocenters. The Kier molecular flexibility index (Phi) is 1.97. The first-order valence-electron chi connectivity index (χ1n) is 4.44. The van der Waals surface area contributed by atoms with Crippen molar-refractivity contribution >= 4 is 11.3 Å². The fourth-order valence-corrected chi connectivity index (χ4v) is 3.24. The topological polar surface area (TPSA) is 3.24 Å². The van der Waals surface area contributed by atoms with Crippen LogP contribution in [0.25, 0.3) is 0 Å². The smallest absolute Gasteiger partial charge is 0.0328 e. The van der Waals surface area contributed by atoms with Crippen LogP contribution in [0.1, 0.15) is 28.2 Å². The minimum Gasteiger partial charge on any atom is -0.301 e. The van der Waals surface area contributed by atoms with Gasteiger partial charge >= 0.3 is 0 Å². The molecule has 12 heavy (non-hydrogen) atoms. The van der Waals surface area contributed by atoms with Crippen molar-refractivity contribution in [3.05, 3.63) is 21.4 Å². The Labute approximate surface area is 78.0 Å². The van der Waals surface area contributed by atoms with Crippen molar-refractivity contribution in [1.29, 1.82) is 0 Å². The van der Waals surface area contributed by atoms with E-state index in [1.54, 1.807) is 10.4 Å². The first-order valence-corrected chi connectivity index (χ1v) is 5.26. The number of thiophene rings is 1.